The van der Waals surface area contributed by atoms with Crippen molar-refractivity contribution >= 4 is 6.03 Å². The molecular formula is C17H21N3O2. The van der Waals surface area contributed by atoms with Crippen LogP contribution >= 0.6 is 0 Å². The van der Waals surface area contributed by atoms with Crippen LogP contribution in [0.5, 0.6) is 5.75 Å². The van der Waals surface area contributed by atoms with Crippen molar-refractivity contribution in [1.29, 1.82) is 0 Å². The van der Waals surface area contributed by atoms with Gasteiger partial charge in [-0.2, -0.15) is 0 Å². The Morgan fingerprint density at radius 2 is 2.09 bits per heavy atom. The van der Waals surface area contributed by atoms with E-state index in [9.17, 15) is 4.79 Å². The number of carbonyl (C=O) groups excluding carboxylic acids is 1. The standard InChI is InChI=1S/C17H21N3O2/c1-13-10-15(5-6-16(13)22-2)12-20-17(21)19-9-7-14-4-3-8-18-11-14/h3-6,8,10-11H,7,9,12H2,1-2H3,(H2,19,20,21). The number of aryl methyl sites for hydroxylation is 1. The normalized spacial score (nSPS) is 10.1. The molecule has 2 rings (SSSR count). The van der Waals surface area contributed by atoms with Gasteiger partial charge in [0.15, 0.2) is 0 Å². The third kappa shape index (κ3) is 4.77. The summed E-state index contributed by atoms with van der Waals surface area (Å²) in [5.74, 6) is 0.852. The van der Waals surface area contributed by atoms with E-state index in [2.05, 4.69) is 15.6 Å². The van der Waals surface area contributed by atoms with E-state index >= 15 is 0 Å². The van der Waals surface area contributed by atoms with Crippen molar-refractivity contribution in [2.24, 2.45) is 0 Å². The van der Waals surface area contributed by atoms with Crippen molar-refractivity contribution in [2.45, 2.75) is 19.9 Å². The summed E-state index contributed by atoms with van der Waals surface area (Å²) in [6, 6.07) is 9.58. The van der Waals surface area contributed by atoms with Gasteiger partial charge >= 0.3 is 6.03 Å². The summed E-state index contributed by atoms with van der Waals surface area (Å²) < 4.78 is 5.22. The first-order valence-electron chi connectivity index (χ1n) is 7.23. The fraction of sp³-hybridized carbons (Fsp3) is 0.294. The maximum Gasteiger partial charge on any atom is 0.315 e. The molecular weight excluding hydrogens is 278 g/mol. The van der Waals surface area contributed by atoms with Crippen LogP contribution in [0.3, 0.4) is 0 Å². The fourth-order valence-corrected chi connectivity index (χ4v) is 2.16. The highest BCUT2D eigenvalue weighted by atomic mass is 16.5. The van der Waals surface area contributed by atoms with Gasteiger partial charge in [0.2, 0.25) is 0 Å². The number of carbonyl (C=O) groups is 1. The molecule has 5 nitrogen and oxygen atoms in total. The Morgan fingerprint density at radius 3 is 2.77 bits per heavy atom. The molecule has 1 aromatic carbocycles. The van der Waals surface area contributed by atoms with Gasteiger partial charge in [-0.05, 0) is 42.2 Å². The topological polar surface area (TPSA) is 63.2 Å². The largest absolute Gasteiger partial charge is 0.496 e. The molecule has 0 aliphatic rings. The minimum atomic E-state index is -0.169. The van der Waals surface area contributed by atoms with E-state index in [4.69, 9.17) is 4.74 Å². The quantitative estimate of drug-likeness (QED) is 0.861. The maximum absolute atomic E-state index is 11.8. The summed E-state index contributed by atoms with van der Waals surface area (Å²) in [7, 11) is 1.65. The lowest BCUT2D eigenvalue weighted by Gasteiger charge is -2.10. The highest BCUT2D eigenvalue weighted by molar-refractivity contribution is 5.73. The van der Waals surface area contributed by atoms with Crippen LogP contribution in [0, 0.1) is 6.92 Å². The number of pyridine rings is 1. The lowest BCUT2D eigenvalue weighted by Crippen LogP contribution is -2.36. The number of aromatic nitrogens is 1. The van der Waals surface area contributed by atoms with Crippen LogP contribution in [-0.2, 0) is 13.0 Å². The average molecular weight is 299 g/mol. The second kappa shape index (κ2) is 8.02. The zero-order valence-electron chi connectivity index (χ0n) is 12.9. The number of hydrogen-bond acceptors (Lipinski definition) is 3. The van der Waals surface area contributed by atoms with Gasteiger partial charge in [0, 0.05) is 25.5 Å². The summed E-state index contributed by atoms with van der Waals surface area (Å²) in [4.78, 5) is 15.8. The first-order valence-corrected chi connectivity index (χ1v) is 7.23. The third-order valence-electron chi connectivity index (χ3n) is 3.33. The summed E-state index contributed by atoms with van der Waals surface area (Å²) in [5, 5.41) is 5.68. The van der Waals surface area contributed by atoms with Gasteiger partial charge in [-0.15, -0.1) is 0 Å². The Balaban J connectivity index is 1.72. The van der Waals surface area contributed by atoms with Gasteiger partial charge in [-0.1, -0.05) is 18.2 Å². The summed E-state index contributed by atoms with van der Waals surface area (Å²) in [6.45, 7) is 3.05. The molecule has 116 valence electrons. The van der Waals surface area contributed by atoms with Crippen molar-refractivity contribution in [3.8, 4) is 5.75 Å². The van der Waals surface area contributed by atoms with Crippen LogP contribution in [0.25, 0.3) is 0 Å². The molecule has 1 aromatic heterocycles. The highest BCUT2D eigenvalue weighted by Crippen LogP contribution is 2.18. The second-order valence-electron chi connectivity index (χ2n) is 5.02. The number of benzene rings is 1. The van der Waals surface area contributed by atoms with Crippen LogP contribution in [0.1, 0.15) is 16.7 Å². The number of hydrogen-bond donors (Lipinski definition) is 2. The molecule has 0 saturated carbocycles. The monoisotopic (exact) mass is 299 g/mol. The van der Waals surface area contributed by atoms with Crippen LogP contribution < -0.4 is 15.4 Å². The van der Waals surface area contributed by atoms with Crippen molar-refractivity contribution in [1.82, 2.24) is 15.6 Å². The Hall–Kier alpha value is -2.56. The van der Waals surface area contributed by atoms with E-state index in [1.54, 1.807) is 19.5 Å². The van der Waals surface area contributed by atoms with E-state index in [-0.39, 0.29) is 6.03 Å². The van der Waals surface area contributed by atoms with E-state index in [0.717, 1.165) is 28.9 Å². The molecule has 0 fully saturated rings. The van der Waals surface area contributed by atoms with Crippen molar-refractivity contribution in [3.05, 3.63) is 59.4 Å². The molecule has 0 atom stereocenters. The SMILES string of the molecule is COc1ccc(CNC(=O)NCCc2cccnc2)cc1C. The Labute approximate surface area is 130 Å². The molecule has 2 aromatic rings. The van der Waals surface area contributed by atoms with Gasteiger partial charge in [-0.3, -0.25) is 4.98 Å². The van der Waals surface area contributed by atoms with E-state index in [1.807, 2.05) is 37.3 Å². The molecule has 22 heavy (non-hydrogen) atoms. The lowest BCUT2D eigenvalue weighted by atomic mass is 10.1. The number of nitrogens with zero attached hydrogens (tertiary/aromatic N) is 1. The molecule has 2 N–H and O–H groups in total. The van der Waals surface area contributed by atoms with Gasteiger partial charge in [0.1, 0.15) is 5.75 Å². The van der Waals surface area contributed by atoms with Crippen LogP contribution in [0.4, 0.5) is 4.79 Å². The smallest absolute Gasteiger partial charge is 0.315 e. The highest BCUT2D eigenvalue weighted by Gasteiger charge is 2.03. The average Bonchev–Trinajstić information content (AvgIpc) is 2.54. The van der Waals surface area contributed by atoms with E-state index in [0.29, 0.717) is 13.1 Å². The molecule has 0 aliphatic heterocycles. The summed E-state index contributed by atoms with van der Waals surface area (Å²) in [5.41, 5.74) is 3.20. The fourth-order valence-electron chi connectivity index (χ4n) is 2.16. The minimum Gasteiger partial charge on any atom is -0.496 e. The zero-order valence-corrected chi connectivity index (χ0v) is 12.9. The number of ether oxygens (including phenoxy) is 1. The number of methoxy groups -OCH3 is 1. The zero-order chi connectivity index (χ0) is 15.8. The predicted molar refractivity (Wildman–Crippen MR) is 85.9 cm³/mol. The number of rotatable bonds is 6. The molecule has 0 aliphatic carbocycles. The van der Waals surface area contributed by atoms with Crippen LogP contribution in [0.2, 0.25) is 0 Å². The summed E-state index contributed by atoms with van der Waals surface area (Å²) >= 11 is 0. The second-order valence-corrected chi connectivity index (χ2v) is 5.02. The van der Waals surface area contributed by atoms with Crippen molar-refractivity contribution in [2.75, 3.05) is 13.7 Å². The van der Waals surface area contributed by atoms with Gasteiger partial charge < -0.3 is 15.4 Å². The van der Waals surface area contributed by atoms with Crippen LogP contribution in [-0.4, -0.2) is 24.7 Å². The molecule has 0 unspecified atom stereocenters. The van der Waals surface area contributed by atoms with Crippen molar-refractivity contribution in [3.63, 3.8) is 0 Å². The van der Waals surface area contributed by atoms with Crippen molar-refractivity contribution < 1.29 is 9.53 Å². The Bertz CT molecular complexity index is 615. The first kappa shape index (κ1) is 15.8. The summed E-state index contributed by atoms with van der Waals surface area (Å²) in [6.07, 6.45) is 4.31. The Kier molecular flexibility index (Phi) is 5.77. The minimum absolute atomic E-state index is 0.169. The lowest BCUT2D eigenvalue weighted by molar-refractivity contribution is 0.240. The number of amides is 2. The van der Waals surface area contributed by atoms with E-state index < -0.39 is 0 Å². The molecule has 0 bridgehead atoms. The molecule has 1 heterocycles. The predicted octanol–water partition coefficient (Wildman–Crippen LogP) is 2.44. The molecule has 5 heteroatoms. The number of urea groups is 1. The van der Waals surface area contributed by atoms with E-state index in [1.165, 1.54) is 0 Å². The van der Waals surface area contributed by atoms with Gasteiger partial charge in [0.25, 0.3) is 0 Å². The maximum atomic E-state index is 11.8. The molecule has 0 saturated heterocycles. The number of nitrogens with one attached hydrogen (secondary N) is 2. The first-order chi connectivity index (χ1) is 10.7. The molecule has 0 radical (unpaired) electrons. The molecule has 2 amide bonds. The third-order valence-corrected chi connectivity index (χ3v) is 3.33. The van der Waals surface area contributed by atoms with Gasteiger partial charge in [0.05, 0.1) is 7.11 Å². The Morgan fingerprint density at radius 1 is 1.23 bits per heavy atom. The van der Waals surface area contributed by atoms with Crippen LogP contribution in [0.15, 0.2) is 42.7 Å². The molecule has 0 spiro atoms. The van der Waals surface area contributed by atoms with Gasteiger partial charge in [-0.25, -0.2) is 4.79 Å².